The van der Waals surface area contributed by atoms with Gasteiger partial charge in [-0.1, -0.05) is 54.7 Å². The first kappa shape index (κ1) is 25.9. The van der Waals surface area contributed by atoms with Crippen LogP contribution in [-0.2, 0) is 16.1 Å². The van der Waals surface area contributed by atoms with Gasteiger partial charge in [-0.2, -0.15) is 0 Å². The van der Waals surface area contributed by atoms with E-state index in [1.165, 1.54) is 11.8 Å². The lowest BCUT2D eigenvalue weighted by molar-refractivity contribution is -0.139. The molecule has 31 heavy (non-hydrogen) atoms. The molecule has 2 aromatic rings. The highest BCUT2D eigenvalue weighted by atomic mass is 35.5. The summed E-state index contributed by atoms with van der Waals surface area (Å²) < 4.78 is 0. The maximum atomic E-state index is 13.3. The fraction of sp³-hybridized carbons (Fsp3) is 0.391. The van der Waals surface area contributed by atoms with Crippen molar-refractivity contribution in [2.24, 2.45) is 0 Å². The van der Waals surface area contributed by atoms with Crippen molar-refractivity contribution in [2.75, 3.05) is 5.75 Å². The Balaban J connectivity index is 2.27. The molecule has 0 aliphatic heterocycles. The van der Waals surface area contributed by atoms with Gasteiger partial charge in [-0.25, -0.2) is 0 Å². The Labute approximate surface area is 203 Å². The highest BCUT2D eigenvalue weighted by Gasteiger charge is 2.30. The van der Waals surface area contributed by atoms with Gasteiger partial charge in [0.05, 0.1) is 5.75 Å². The predicted molar refractivity (Wildman–Crippen MR) is 131 cm³/mol. The summed E-state index contributed by atoms with van der Waals surface area (Å²) in [5.74, 6) is -0.163. The molecule has 0 unspecified atom stereocenters. The first-order chi connectivity index (χ1) is 14.8. The summed E-state index contributed by atoms with van der Waals surface area (Å²) in [6.07, 6.45) is 1.28. The second kappa shape index (κ2) is 12.6. The van der Waals surface area contributed by atoms with Gasteiger partial charge in [-0.15, -0.1) is 11.8 Å². The molecule has 0 aliphatic carbocycles. The summed E-state index contributed by atoms with van der Waals surface area (Å²) in [6.45, 7) is 5.99. The zero-order valence-corrected chi connectivity index (χ0v) is 20.9. The predicted octanol–water partition coefficient (Wildman–Crippen LogP) is 6.46. The number of hydrogen-bond acceptors (Lipinski definition) is 3. The summed E-state index contributed by atoms with van der Waals surface area (Å²) in [4.78, 5) is 28.8. The van der Waals surface area contributed by atoms with Gasteiger partial charge in [0.2, 0.25) is 11.8 Å². The van der Waals surface area contributed by atoms with E-state index in [2.05, 4.69) is 5.32 Å². The van der Waals surface area contributed by atoms with Crippen LogP contribution in [0.1, 0.15) is 39.2 Å². The highest BCUT2D eigenvalue weighted by molar-refractivity contribution is 8.00. The van der Waals surface area contributed by atoms with Crippen LogP contribution >= 0.6 is 46.6 Å². The van der Waals surface area contributed by atoms with Gasteiger partial charge in [0.25, 0.3) is 0 Å². The van der Waals surface area contributed by atoms with E-state index in [0.717, 1.165) is 11.3 Å². The monoisotopic (exact) mass is 500 g/mol. The van der Waals surface area contributed by atoms with Gasteiger partial charge < -0.3 is 10.2 Å². The smallest absolute Gasteiger partial charge is 0.243 e. The van der Waals surface area contributed by atoms with Crippen molar-refractivity contribution in [3.8, 4) is 0 Å². The standard InChI is InChI=1S/C23H27Cl3N2O2S/c1-4-15(3)27-23(30)21(5-2)28(13-18-19(25)7-6-8-20(18)26)22(29)14-31-17-11-9-16(24)10-12-17/h6-12,15,21H,4-5,13-14H2,1-3H3,(H,27,30)/t15-,21-/m0/s1. The third-order valence-electron chi connectivity index (χ3n) is 4.95. The van der Waals surface area contributed by atoms with Gasteiger partial charge in [0.1, 0.15) is 6.04 Å². The van der Waals surface area contributed by atoms with Gasteiger partial charge in [-0.05, 0) is 56.2 Å². The van der Waals surface area contributed by atoms with E-state index in [4.69, 9.17) is 34.8 Å². The third kappa shape index (κ3) is 7.60. The molecule has 2 rings (SSSR count). The molecule has 2 aromatic carbocycles. The lowest BCUT2D eigenvalue weighted by Crippen LogP contribution is -2.51. The summed E-state index contributed by atoms with van der Waals surface area (Å²) in [6, 6.07) is 11.9. The van der Waals surface area contributed by atoms with Crippen molar-refractivity contribution < 1.29 is 9.59 Å². The van der Waals surface area contributed by atoms with Crippen molar-refractivity contribution in [1.29, 1.82) is 0 Å². The van der Waals surface area contributed by atoms with E-state index >= 15 is 0 Å². The molecule has 0 spiro atoms. The Kier molecular flexibility index (Phi) is 10.5. The number of nitrogens with one attached hydrogen (secondary N) is 1. The average Bonchev–Trinajstić information content (AvgIpc) is 2.74. The van der Waals surface area contributed by atoms with E-state index < -0.39 is 6.04 Å². The second-order valence-electron chi connectivity index (χ2n) is 7.21. The molecule has 2 atom stereocenters. The second-order valence-corrected chi connectivity index (χ2v) is 9.51. The Morgan fingerprint density at radius 2 is 1.61 bits per heavy atom. The molecular formula is C23H27Cl3N2O2S. The maximum absolute atomic E-state index is 13.3. The Hall–Kier alpha value is -1.40. The molecule has 8 heteroatoms. The van der Waals surface area contributed by atoms with E-state index in [9.17, 15) is 9.59 Å². The van der Waals surface area contributed by atoms with Crippen LogP contribution in [0.15, 0.2) is 47.4 Å². The summed E-state index contributed by atoms with van der Waals surface area (Å²) in [5.41, 5.74) is 0.630. The average molecular weight is 502 g/mol. The maximum Gasteiger partial charge on any atom is 0.243 e. The van der Waals surface area contributed by atoms with Crippen LogP contribution in [0.3, 0.4) is 0 Å². The lowest BCUT2D eigenvalue weighted by Gasteiger charge is -2.32. The fourth-order valence-corrected chi connectivity index (χ4v) is 4.40. The highest BCUT2D eigenvalue weighted by Crippen LogP contribution is 2.28. The van der Waals surface area contributed by atoms with E-state index in [1.807, 2.05) is 32.9 Å². The largest absolute Gasteiger partial charge is 0.352 e. The molecule has 0 saturated carbocycles. The number of thioether (sulfide) groups is 1. The van der Waals surface area contributed by atoms with E-state index in [0.29, 0.717) is 27.1 Å². The number of halogens is 3. The van der Waals surface area contributed by atoms with Crippen LogP contribution in [0.4, 0.5) is 0 Å². The van der Waals surface area contributed by atoms with E-state index in [1.54, 1.807) is 35.2 Å². The zero-order valence-electron chi connectivity index (χ0n) is 17.8. The topological polar surface area (TPSA) is 49.4 Å². The first-order valence-electron chi connectivity index (χ1n) is 10.2. The SMILES string of the molecule is CC[C@H](C)NC(=O)[C@H](CC)N(Cc1c(Cl)cccc1Cl)C(=O)CSc1ccc(Cl)cc1. The molecule has 0 saturated heterocycles. The Bertz CT molecular complexity index is 873. The molecule has 0 heterocycles. The molecule has 0 aromatic heterocycles. The number of benzene rings is 2. The molecular weight excluding hydrogens is 475 g/mol. The number of rotatable bonds is 10. The van der Waals surface area contributed by atoms with Crippen LogP contribution in [0.5, 0.6) is 0 Å². The van der Waals surface area contributed by atoms with Crippen LogP contribution < -0.4 is 5.32 Å². The minimum absolute atomic E-state index is 0.0193. The van der Waals surface area contributed by atoms with Crippen LogP contribution in [0, 0.1) is 0 Å². The molecule has 0 aliphatic rings. The summed E-state index contributed by atoms with van der Waals surface area (Å²) >= 11 is 20.1. The third-order valence-corrected chi connectivity index (χ3v) is 6.91. The van der Waals surface area contributed by atoms with Crippen molar-refractivity contribution in [2.45, 2.75) is 57.1 Å². The number of amides is 2. The van der Waals surface area contributed by atoms with Gasteiger partial charge in [0.15, 0.2) is 0 Å². The van der Waals surface area contributed by atoms with Gasteiger partial charge in [0, 0.05) is 38.1 Å². The molecule has 0 radical (unpaired) electrons. The number of carbonyl (C=O) groups is 2. The summed E-state index contributed by atoms with van der Waals surface area (Å²) in [7, 11) is 0. The molecule has 168 valence electrons. The number of hydrogen-bond donors (Lipinski definition) is 1. The minimum Gasteiger partial charge on any atom is -0.352 e. The Morgan fingerprint density at radius 3 is 2.16 bits per heavy atom. The number of nitrogens with zero attached hydrogens (tertiary/aromatic N) is 1. The molecule has 0 fully saturated rings. The number of carbonyl (C=O) groups excluding carboxylic acids is 2. The van der Waals surface area contributed by atoms with Crippen LogP contribution in [0.2, 0.25) is 15.1 Å². The zero-order chi connectivity index (χ0) is 23.0. The fourth-order valence-electron chi connectivity index (χ4n) is 2.97. The van der Waals surface area contributed by atoms with E-state index in [-0.39, 0.29) is 30.2 Å². The quantitative estimate of drug-likeness (QED) is 0.380. The van der Waals surface area contributed by atoms with Crippen molar-refractivity contribution >= 4 is 58.4 Å². The normalized spacial score (nSPS) is 12.8. The lowest BCUT2D eigenvalue weighted by atomic mass is 10.1. The van der Waals surface area contributed by atoms with Crippen LogP contribution in [0.25, 0.3) is 0 Å². The first-order valence-corrected chi connectivity index (χ1v) is 12.3. The van der Waals surface area contributed by atoms with Crippen molar-refractivity contribution in [1.82, 2.24) is 10.2 Å². The van der Waals surface area contributed by atoms with Gasteiger partial charge in [-0.3, -0.25) is 9.59 Å². The Morgan fingerprint density at radius 1 is 1.00 bits per heavy atom. The molecule has 2 amide bonds. The summed E-state index contributed by atoms with van der Waals surface area (Å²) in [5, 5.41) is 4.56. The van der Waals surface area contributed by atoms with Crippen molar-refractivity contribution in [3.63, 3.8) is 0 Å². The molecule has 1 N–H and O–H groups in total. The molecule has 4 nitrogen and oxygen atoms in total. The minimum atomic E-state index is -0.625. The van der Waals surface area contributed by atoms with Gasteiger partial charge >= 0.3 is 0 Å². The van der Waals surface area contributed by atoms with Crippen LogP contribution in [-0.4, -0.2) is 34.6 Å². The molecule has 0 bridgehead atoms. The van der Waals surface area contributed by atoms with Crippen molar-refractivity contribution in [3.05, 3.63) is 63.1 Å².